The summed E-state index contributed by atoms with van der Waals surface area (Å²) in [6.07, 6.45) is 1.50. The van der Waals surface area contributed by atoms with Gasteiger partial charge < -0.3 is 14.6 Å². The third kappa shape index (κ3) is 4.40. The molecule has 0 unspecified atom stereocenters. The average molecular weight is 317 g/mol. The van der Waals surface area contributed by atoms with Gasteiger partial charge in [-0.1, -0.05) is 6.07 Å². The van der Waals surface area contributed by atoms with Crippen molar-refractivity contribution in [2.75, 3.05) is 13.6 Å². The van der Waals surface area contributed by atoms with Crippen LogP contribution in [0.1, 0.15) is 16.1 Å². The van der Waals surface area contributed by atoms with Crippen LogP contribution in [0.5, 0.6) is 0 Å². The van der Waals surface area contributed by atoms with E-state index in [4.69, 9.17) is 4.42 Å². The number of nitro benzene ring substituents is 1. The standard InChI is InChI=1S/C15H15N3O5/c1-17(10-14(19)16-9-13-6-3-7-23-13)15(20)11-4-2-5-12(8-11)18(21)22/h2-8H,9-10H2,1H3,(H,16,19). The van der Waals surface area contributed by atoms with E-state index in [1.165, 1.54) is 42.5 Å². The molecule has 0 fully saturated rings. The number of hydrogen-bond donors (Lipinski definition) is 1. The van der Waals surface area contributed by atoms with Crippen LogP contribution in [0.3, 0.4) is 0 Å². The van der Waals surface area contributed by atoms with Crippen molar-refractivity contribution in [1.29, 1.82) is 0 Å². The Kier molecular flexibility index (Phi) is 5.08. The van der Waals surface area contributed by atoms with Crippen molar-refractivity contribution in [2.24, 2.45) is 0 Å². The van der Waals surface area contributed by atoms with Gasteiger partial charge in [0.2, 0.25) is 5.91 Å². The first-order valence-electron chi connectivity index (χ1n) is 6.76. The number of nitro groups is 1. The van der Waals surface area contributed by atoms with Gasteiger partial charge in [-0.25, -0.2) is 0 Å². The molecule has 0 saturated heterocycles. The largest absolute Gasteiger partial charge is 0.467 e. The lowest BCUT2D eigenvalue weighted by atomic mass is 10.2. The zero-order valence-electron chi connectivity index (χ0n) is 12.4. The van der Waals surface area contributed by atoms with Gasteiger partial charge in [0, 0.05) is 24.7 Å². The van der Waals surface area contributed by atoms with E-state index in [1.807, 2.05) is 0 Å². The fraction of sp³-hybridized carbons (Fsp3) is 0.200. The van der Waals surface area contributed by atoms with Gasteiger partial charge >= 0.3 is 0 Å². The molecular formula is C15H15N3O5. The van der Waals surface area contributed by atoms with Crippen LogP contribution in [0.25, 0.3) is 0 Å². The Bertz CT molecular complexity index is 712. The Hall–Kier alpha value is -3.16. The molecule has 0 spiro atoms. The van der Waals surface area contributed by atoms with Crippen molar-refractivity contribution in [1.82, 2.24) is 10.2 Å². The summed E-state index contributed by atoms with van der Waals surface area (Å²) >= 11 is 0. The molecule has 120 valence electrons. The Morgan fingerprint density at radius 1 is 1.30 bits per heavy atom. The predicted molar refractivity (Wildman–Crippen MR) is 80.6 cm³/mol. The monoisotopic (exact) mass is 317 g/mol. The molecule has 1 aromatic heterocycles. The van der Waals surface area contributed by atoms with Gasteiger partial charge in [-0.15, -0.1) is 0 Å². The predicted octanol–water partition coefficient (Wildman–Crippen LogP) is 1.58. The smallest absolute Gasteiger partial charge is 0.270 e. The summed E-state index contributed by atoms with van der Waals surface area (Å²) in [6, 6.07) is 8.80. The highest BCUT2D eigenvalue weighted by molar-refractivity contribution is 5.96. The maximum atomic E-state index is 12.2. The summed E-state index contributed by atoms with van der Waals surface area (Å²) in [5.41, 5.74) is -0.0212. The summed E-state index contributed by atoms with van der Waals surface area (Å²) in [7, 11) is 1.45. The molecule has 1 N–H and O–H groups in total. The molecule has 2 rings (SSSR count). The number of furan rings is 1. The first kappa shape index (κ1) is 16.2. The molecule has 0 aliphatic rings. The molecular weight excluding hydrogens is 302 g/mol. The maximum absolute atomic E-state index is 12.2. The lowest BCUT2D eigenvalue weighted by Crippen LogP contribution is -2.38. The second kappa shape index (κ2) is 7.21. The zero-order chi connectivity index (χ0) is 16.8. The third-order valence-corrected chi connectivity index (χ3v) is 3.07. The number of hydrogen-bond acceptors (Lipinski definition) is 5. The van der Waals surface area contributed by atoms with E-state index in [9.17, 15) is 19.7 Å². The normalized spacial score (nSPS) is 10.1. The highest BCUT2D eigenvalue weighted by Gasteiger charge is 2.17. The van der Waals surface area contributed by atoms with Crippen LogP contribution in [-0.4, -0.2) is 35.2 Å². The second-order valence-corrected chi connectivity index (χ2v) is 4.82. The second-order valence-electron chi connectivity index (χ2n) is 4.82. The quantitative estimate of drug-likeness (QED) is 0.643. The number of likely N-dealkylation sites (N-methyl/N-ethyl adjacent to an activating group) is 1. The molecule has 0 bridgehead atoms. The molecule has 0 atom stereocenters. The number of carbonyl (C=O) groups is 2. The van der Waals surface area contributed by atoms with Crippen molar-refractivity contribution < 1.29 is 18.9 Å². The lowest BCUT2D eigenvalue weighted by molar-refractivity contribution is -0.384. The molecule has 8 heteroatoms. The van der Waals surface area contributed by atoms with E-state index < -0.39 is 10.8 Å². The Balaban J connectivity index is 1.92. The topological polar surface area (TPSA) is 106 Å². The van der Waals surface area contributed by atoms with E-state index in [2.05, 4.69) is 5.32 Å². The Morgan fingerprint density at radius 3 is 2.74 bits per heavy atom. The Labute approximate surface area is 131 Å². The molecule has 1 aromatic carbocycles. The zero-order valence-corrected chi connectivity index (χ0v) is 12.4. The third-order valence-electron chi connectivity index (χ3n) is 3.07. The highest BCUT2D eigenvalue weighted by atomic mass is 16.6. The van der Waals surface area contributed by atoms with Crippen LogP contribution in [0.15, 0.2) is 47.1 Å². The SMILES string of the molecule is CN(CC(=O)NCc1ccco1)C(=O)c1cccc([N+](=O)[O-])c1. The number of carbonyl (C=O) groups excluding carboxylic acids is 2. The molecule has 2 amide bonds. The molecule has 0 saturated carbocycles. The molecule has 1 heterocycles. The van der Waals surface area contributed by atoms with Gasteiger partial charge in [-0.05, 0) is 18.2 Å². The minimum Gasteiger partial charge on any atom is -0.467 e. The van der Waals surface area contributed by atoms with E-state index >= 15 is 0 Å². The average Bonchev–Trinajstić information content (AvgIpc) is 3.05. The van der Waals surface area contributed by atoms with Crippen molar-refractivity contribution in [3.8, 4) is 0 Å². The summed E-state index contributed by atoms with van der Waals surface area (Å²) in [5, 5.41) is 13.3. The number of rotatable bonds is 6. The van der Waals surface area contributed by atoms with E-state index in [-0.39, 0.29) is 30.2 Å². The highest BCUT2D eigenvalue weighted by Crippen LogP contribution is 2.14. The first-order chi connectivity index (χ1) is 11.0. The molecule has 23 heavy (non-hydrogen) atoms. The summed E-state index contributed by atoms with van der Waals surface area (Å²) in [6.45, 7) is 0.0624. The summed E-state index contributed by atoms with van der Waals surface area (Å²) in [5.74, 6) is -0.226. The minimum absolute atomic E-state index is 0.153. The fourth-order valence-corrected chi connectivity index (χ4v) is 1.91. The van der Waals surface area contributed by atoms with Gasteiger partial charge in [-0.2, -0.15) is 0 Å². The van der Waals surface area contributed by atoms with Crippen molar-refractivity contribution >= 4 is 17.5 Å². The van der Waals surface area contributed by atoms with Gasteiger partial charge in [0.05, 0.1) is 24.3 Å². The van der Waals surface area contributed by atoms with Crippen LogP contribution >= 0.6 is 0 Å². The summed E-state index contributed by atoms with van der Waals surface area (Å²) in [4.78, 5) is 35.3. The van der Waals surface area contributed by atoms with E-state index in [0.29, 0.717) is 5.76 Å². The fourth-order valence-electron chi connectivity index (χ4n) is 1.91. The number of amides is 2. The van der Waals surface area contributed by atoms with Crippen LogP contribution in [0, 0.1) is 10.1 Å². The van der Waals surface area contributed by atoms with Crippen LogP contribution < -0.4 is 5.32 Å². The van der Waals surface area contributed by atoms with Crippen LogP contribution in [0.2, 0.25) is 0 Å². The first-order valence-corrected chi connectivity index (χ1v) is 6.76. The molecule has 0 aliphatic heterocycles. The van der Waals surface area contributed by atoms with Gasteiger partial charge in [0.25, 0.3) is 11.6 Å². The lowest BCUT2D eigenvalue weighted by Gasteiger charge is -2.16. The van der Waals surface area contributed by atoms with Crippen molar-refractivity contribution in [3.05, 3.63) is 64.1 Å². The molecule has 0 radical (unpaired) electrons. The number of nitrogens with one attached hydrogen (secondary N) is 1. The molecule has 8 nitrogen and oxygen atoms in total. The van der Waals surface area contributed by atoms with E-state index in [1.54, 1.807) is 12.1 Å². The van der Waals surface area contributed by atoms with Crippen molar-refractivity contribution in [2.45, 2.75) is 6.54 Å². The van der Waals surface area contributed by atoms with Crippen molar-refractivity contribution in [3.63, 3.8) is 0 Å². The molecule has 2 aromatic rings. The number of nitrogens with zero attached hydrogens (tertiary/aromatic N) is 2. The number of benzene rings is 1. The van der Waals surface area contributed by atoms with Crippen LogP contribution in [-0.2, 0) is 11.3 Å². The minimum atomic E-state index is -0.577. The van der Waals surface area contributed by atoms with Crippen LogP contribution in [0.4, 0.5) is 5.69 Å². The van der Waals surface area contributed by atoms with Gasteiger partial charge in [0.1, 0.15) is 5.76 Å². The molecule has 0 aliphatic carbocycles. The van der Waals surface area contributed by atoms with Gasteiger partial charge in [0.15, 0.2) is 0 Å². The van der Waals surface area contributed by atoms with Gasteiger partial charge in [-0.3, -0.25) is 19.7 Å². The Morgan fingerprint density at radius 2 is 2.09 bits per heavy atom. The van der Waals surface area contributed by atoms with E-state index in [0.717, 1.165) is 0 Å². The number of non-ortho nitro benzene ring substituents is 1. The maximum Gasteiger partial charge on any atom is 0.270 e. The summed E-state index contributed by atoms with van der Waals surface area (Å²) < 4.78 is 5.08.